The zero-order chi connectivity index (χ0) is 29.0. The number of fused-ring (bicyclic) bond motifs is 1. The molecular weight excluding hydrogens is 551 g/mol. The maximum absolute atomic E-state index is 15.4. The van der Waals surface area contributed by atoms with Crippen molar-refractivity contribution in [2.24, 2.45) is 5.41 Å². The van der Waals surface area contributed by atoms with E-state index < -0.39 is 62.1 Å². The monoisotopic (exact) mass is 579 g/mol. The molecule has 0 spiro atoms. The number of nitrogens with zero attached hydrogens (tertiary/aromatic N) is 2. The Kier molecular flexibility index (Phi) is 7.58. The van der Waals surface area contributed by atoms with Gasteiger partial charge in [-0.15, -0.1) is 0 Å². The van der Waals surface area contributed by atoms with Gasteiger partial charge in [-0.1, -0.05) is 39.0 Å². The van der Waals surface area contributed by atoms with Gasteiger partial charge in [-0.2, -0.15) is 43.8 Å². The Bertz CT molecular complexity index is 1470. The van der Waals surface area contributed by atoms with Crippen molar-refractivity contribution in [3.05, 3.63) is 59.5 Å². The van der Waals surface area contributed by atoms with Gasteiger partial charge >= 0.3 is 12.4 Å². The van der Waals surface area contributed by atoms with E-state index in [0.29, 0.717) is 12.8 Å². The Labute approximate surface area is 221 Å². The molecule has 1 fully saturated rings. The molecule has 2 aromatic carbocycles. The predicted octanol–water partition coefficient (Wildman–Crippen LogP) is 7.05. The van der Waals surface area contributed by atoms with Crippen molar-refractivity contribution in [1.82, 2.24) is 13.6 Å². The summed E-state index contributed by atoms with van der Waals surface area (Å²) in [6, 6.07) is 3.48. The molecule has 5 nitrogen and oxygen atoms in total. The fraction of sp³-hybridized carbons (Fsp3) is 0.462. The predicted molar refractivity (Wildman–Crippen MR) is 133 cm³/mol. The van der Waals surface area contributed by atoms with Gasteiger partial charge in [0, 0.05) is 47.9 Å². The topological polar surface area (TPSA) is 54.3 Å². The molecule has 1 N–H and O–H groups in total. The van der Waals surface area contributed by atoms with E-state index in [-0.39, 0.29) is 30.5 Å². The average molecular weight is 580 g/mol. The zero-order valence-electron chi connectivity index (χ0n) is 21.4. The van der Waals surface area contributed by atoms with Crippen LogP contribution in [0.3, 0.4) is 0 Å². The van der Waals surface area contributed by atoms with Crippen molar-refractivity contribution >= 4 is 21.1 Å². The highest BCUT2D eigenvalue weighted by Crippen LogP contribution is 2.43. The maximum atomic E-state index is 15.4. The van der Waals surface area contributed by atoms with Crippen molar-refractivity contribution < 1.29 is 39.2 Å². The normalized spacial score (nSPS) is 16.8. The standard InChI is InChI=1S/C26H28F7N3O2S/c1-24(2,3)15-35-14-19(23(26(31,32)33)34-39(37,38)36-10-6-7-11-36)18-12-21(27)17(13-22(18)35)16-8-4-5-9-20(16)25(28,29)30/h4-5,8-9,12-14,23,34H,6-7,10-11,15H2,1-3H3/t23-/m0/s1. The van der Waals surface area contributed by atoms with Crippen LogP contribution >= 0.6 is 0 Å². The first kappa shape index (κ1) is 29.3. The number of hydrogen-bond donors (Lipinski definition) is 1. The molecule has 214 valence electrons. The van der Waals surface area contributed by atoms with E-state index in [9.17, 15) is 34.8 Å². The van der Waals surface area contributed by atoms with E-state index in [0.717, 1.165) is 40.8 Å². The van der Waals surface area contributed by atoms with Gasteiger partial charge in [0.05, 0.1) is 5.56 Å². The first-order chi connectivity index (χ1) is 17.9. The lowest BCUT2D eigenvalue weighted by atomic mass is 9.95. The summed E-state index contributed by atoms with van der Waals surface area (Å²) in [4.78, 5) is 0. The van der Waals surface area contributed by atoms with Crippen LogP contribution in [0.5, 0.6) is 0 Å². The number of hydrogen-bond acceptors (Lipinski definition) is 2. The Morgan fingerprint density at radius 3 is 2.13 bits per heavy atom. The second kappa shape index (κ2) is 10.1. The Hall–Kier alpha value is -2.64. The summed E-state index contributed by atoms with van der Waals surface area (Å²) in [7, 11) is -4.53. The molecule has 0 radical (unpaired) electrons. The van der Waals surface area contributed by atoms with Crippen LogP contribution in [0.2, 0.25) is 0 Å². The van der Waals surface area contributed by atoms with E-state index in [2.05, 4.69) is 0 Å². The van der Waals surface area contributed by atoms with Gasteiger partial charge in [-0.05, 0) is 42.0 Å². The molecule has 1 aromatic heterocycles. The van der Waals surface area contributed by atoms with Crippen molar-refractivity contribution in [2.45, 2.75) is 58.6 Å². The SMILES string of the molecule is CC(C)(C)Cn1cc([C@H](NS(=O)(=O)N2CCCC2)C(F)(F)F)c2cc(F)c(-c3ccccc3C(F)(F)F)cc21. The third-order valence-corrected chi connectivity index (χ3v) is 8.06. The number of alkyl halides is 6. The van der Waals surface area contributed by atoms with E-state index in [1.54, 1.807) is 25.5 Å². The number of aromatic nitrogens is 1. The summed E-state index contributed by atoms with van der Waals surface area (Å²) in [5.74, 6) is -1.17. The van der Waals surface area contributed by atoms with Crippen molar-refractivity contribution in [2.75, 3.05) is 13.1 Å². The second-order valence-electron chi connectivity index (χ2n) is 10.9. The lowest BCUT2D eigenvalue weighted by Gasteiger charge is -2.25. The van der Waals surface area contributed by atoms with Crippen LogP contribution in [0.25, 0.3) is 22.0 Å². The van der Waals surface area contributed by atoms with Crippen LogP contribution < -0.4 is 4.72 Å². The summed E-state index contributed by atoms with van der Waals surface area (Å²) in [6.45, 7) is 5.68. The van der Waals surface area contributed by atoms with E-state index in [4.69, 9.17) is 0 Å². The molecule has 39 heavy (non-hydrogen) atoms. The van der Waals surface area contributed by atoms with E-state index >= 15 is 4.39 Å². The largest absolute Gasteiger partial charge is 0.417 e. The van der Waals surface area contributed by atoms with Crippen LogP contribution in [-0.4, -0.2) is 36.6 Å². The molecule has 1 aliphatic rings. The Morgan fingerprint density at radius 2 is 1.56 bits per heavy atom. The molecule has 1 saturated heterocycles. The number of benzene rings is 2. The number of halogens is 7. The molecule has 0 amide bonds. The lowest BCUT2D eigenvalue weighted by molar-refractivity contribution is -0.153. The highest BCUT2D eigenvalue weighted by atomic mass is 32.2. The number of nitrogens with one attached hydrogen (secondary N) is 1. The van der Waals surface area contributed by atoms with Crippen LogP contribution in [0.15, 0.2) is 42.6 Å². The molecule has 0 bridgehead atoms. The van der Waals surface area contributed by atoms with E-state index in [1.165, 1.54) is 10.6 Å². The minimum Gasteiger partial charge on any atom is -0.347 e. The maximum Gasteiger partial charge on any atom is 0.417 e. The minimum absolute atomic E-state index is 0.0444. The molecule has 0 unspecified atom stereocenters. The third-order valence-electron chi connectivity index (χ3n) is 6.48. The third kappa shape index (κ3) is 6.25. The van der Waals surface area contributed by atoms with Crippen molar-refractivity contribution in [3.8, 4) is 11.1 Å². The molecule has 1 aliphatic heterocycles. The first-order valence-electron chi connectivity index (χ1n) is 12.2. The summed E-state index contributed by atoms with van der Waals surface area (Å²) < 4.78 is 129. The molecule has 13 heteroatoms. The molecule has 0 aliphatic carbocycles. The summed E-state index contributed by atoms with van der Waals surface area (Å²) in [5.41, 5.74) is -2.98. The second-order valence-corrected chi connectivity index (χ2v) is 12.6. The smallest absolute Gasteiger partial charge is 0.347 e. The summed E-state index contributed by atoms with van der Waals surface area (Å²) in [6.07, 6.45) is -7.78. The fourth-order valence-electron chi connectivity index (χ4n) is 4.84. The van der Waals surface area contributed by atoms with Crippen LogP contribution in [0.1, 0.15) is 50.8 Å². The molecule has 3 aromatic rings. The quantitative estimate of drug-likeness (QED) is 0.319. The highest BCUT2D eigenvalue weighted by Gasteiger charge is 2.46. The lowest BCUT2D eigenvalue weighted by Crippen LogP contribution is -2.45. The zero-order valence-corrected chi connectivity index (χ0v) is 22.2. The van der Waals surface area contributed by atoms with Gasteiger partial charge in [-0.3, -0.25) is 0 Å². The Morgan fingerprint density at radius 1 is 0.949 bits per heavy atom. The van der Waals surface area contributed by atoms with Crippen LogP contribution in [-0.2, 0) is 22.9 Å². The summed E-state index contributed by atoms with van der Waals surface area (Å²) >= 11 is 0. The van der Waals surface area contributed by atoms with Crippen LogP contribution in [0.4, 0.5) is 30.7 Å². The highest BCUT2D eigenvalue weighted by molar-refractivity contribution is 7.87. The van der Waals surface area contributed by atoms with Crippen molar-refractivity contribution in [1.29, 1.82) is 0 Å². The van der Waals surface area contributed by atoms with Gasteiger partial charge in [-0.25, -0.2) is 4.39 Å². The molecule has 1 atom stereocenters. The molecule has 0 saturated carbocycles. The summed E-state index contributed by atoms with van der Waals surface area (Å²) in [5, 5.41) is -0.253. The van der Waals surface area contributed by atoms with E-state index in [1.807, 2.05) is 0 Å². The van der Waals surface area contributed by atoms with Crippen molar-refractivity contribution in [3.63, 3.8) is 0 Å². The number of rotatable bonds is 6. The Balaban J connectivity index is 1.94. The minimum atomic E-state index is -5.09. The van der Waals surface area contributed by atoms with Gasteiger partial charge in [0.25, 0.3) is 10.2 Å². The molecule has 2 heterocycles. The van der Waals surface area contributed by atoms with Crippen LogP contribution in [0, 0.1) is 11.2 Å². The first-order valence-corrected chi connectivity index (χ1v) is 13.7. The van der Waals surface area contributed by atoms with Gasteiger partial charge in [0.1, 0.15) is 11.9 Å². The van der Waals surface area contributed by atoms with Gasteiger partial charge in [0.2, 0.25) is 0 Å². The molecule has 4 rings (SSSR count). The molecular formula is C26H28F7N3O2S. The fourth-order valence-corrected chi connectivity index (χ4v) is 6.29. The average Bonchev–Trinajstić information content (AvgIpc) is 3.44. The van der Waals surface area contributed by atoms with Gasteiger partial charge in [0.15, 0.2) is 0 Å². The van der Waals surface area contributed by atoms with Gasteiger partial charge < -0.3 is 4.57 Å².